The van der Waals surface area contributed by atoms with Crippen LogP contribution in [0.4, 0.5) is 5.69 Å². The Morgan fingerprint density at radius 1 is 1.24 bits per heavy atom. The van der Waals surface area contributed by atoms with E-state index in [4.69, 9.17) is 17.3 Å². The molecule has 0 fully saturated rings. The van der Waals surface area contributed by atoms with E-state index in [-0.39, 0.29) is 5.91 Å². The molecule has 3 nitrogen and oxygen atoms in total. The molecule has 3 N–H and O–H groups in total. The van der Waals surface area contributed by atoms with Crippen LogP contribution in [0, 0.1) is 6.92 Å². The standard InChI is InChI=1S/C17H19ClN2O/c1-12-7-9-14(18)16(11-12)20-17(21)15(19)10-8-13-5-3-2-4-6-13/h2-7,9,11,15H,8,10,19H2,1H3,(H,20,21)/t15-/m0/s1. The number of nitrogens with one attached hydrogen (secondary N) is 1. The summed E-state index contributed by atoms with van der Waals surface area (Å²) in [5, 5.41) is 3.31. The highest BCUT2D eigenvalue weighted by molar-refractivity contribution is 6.33. The van der Waals surface area contributed by atoms with Crippen molar-refractivity contribution in [3.63, 3.8) is 0 Å². The number of amides is 1. The van der Waals surface area contributed by atoms with Crippen molar-refractivity contribution >= 4 is 23.2 Å². The number of carbonyl (C=O) groups is 1. The molecule has 0 spiro atoms. The number of nitrogens with two attached hydrogens (primary N) is 1. The molecule has 0 saturated carbocycles. The van der Waals surface area contributed by atoms with E-state index in [0.717, 1.165) is 12.0 Å². The minimum atomic E-state index is -0.554. The van der Waals surface area contributed by atoms with Gasteiger partial charge in [0.1, 0.15) is 0 Å². The van der Waals surface area contributed by atoms with Gasteiger partial charge in [0, 0.05) is 0 Å². The molecule has 0 aromatic heterocycles. The van der Waals surface area contributed by atoms with E-state index in [9.17, 15) is 4.79 Å². The van der Waals surface area contributed by atoms with E-state index in [0.29, 0.717) is 17.1 Å². The summed E-state index contributed by atoms with van der Waals surface area (Å²) in [4.78, 5) is 12.1. The Bertz CT molecular complexity index is 613. The average molecular weight is 303 g/mol. The van der Waals surface area contributed by atoms with Crippen molar-refractivity contribution in [2.45, 2.75) is 25.8 Å². The fourth-order valence-corrected chi connectivity index (χ4v) is 2.22. The Morgan fingerprint density at radius 2 is 1.95 bits per heavy atom. The summed E-state index contributed by atoms with van der Waals surface area (Å²) < 4.78 is 0. The van der Waals surface area contributed by atoms with Crippen LogP contribution in [0.3, 0.4) is 0 Å². The monoisotopic (exact) mass is 302 g/mol. The number of benzene rings is 2. The summed E-state index contributed by atoms with van der Waals surface area (Å²) in [5.74, 6) is -0.210. The minimum absolute atomic E-state index is 0.210. The van der Waals surface area contributed by atoms with Crippen LogP contribution >= 0.6 is 11.6 Å². The summed E-state index contributed by atoms with van der Waals surface area (Å²) >= 11 is 6.06. The third-order valence-corrected chi connectivity index (χ3v) is 3.63. The van der Waals surface area contributed by atoms with Crippen LogP contribution in [0.1, 0.15) is 17.5 Å². The topological polar surface area (TPSA) is 55.1 Å². The zero-order valence-corrected chi connectivity index (χ0v) is 12.7. The Morgan fingerprint density at radius 3 is 2.67 bits per heavy atom. The first kappa shape index (κ1) is 15.5. The predicted octanol–water partition coefficient (Wildman–Crippen LogP) is 3.55. The zero-order chi connectivity index (χ0) is 15.2. The lowest BCUT2D eigenvalue weighted by Crippen LogP contribution is -2.36. The zero-order valence-electron chi connectivity index (χ0n) is 12.0. The van der Waals surface area contributed by atoms with Crippen LogP contribution in [-0.2, 0) is 11.2 Å². The molecule has 0 aliphatic carbocycles. The van der Waals surface area contributed by atoms with Crippen LogP contribution in [0.2, 0.25) is 5.02 Å². The number of rotatable bonds is 5. The first-order chi connectivity index (χ1) is 10.1. The van der Waals surface area contributed by atoms with Gasteiger partial charge in [-0.1, -0.05) is 48.0 Å². The fraction of sp³-hybridized carbons (Fsp3) is 0.235. The van der Waals surface area contributed by atoms with Gasteiger partial charge >= 0.3 is 0 Å². The number of hydrogen-bond acceptors (Lipinski definition) is 2. The van der Waals surface area contributed by atoms with E-state index < -0.39 is 6.04 Å². The third kappa shape index (κ3) is 4.59. The number of halogens is 1. The summed E-state index contributed by atoms with van der Waals surface area (Å²) in [7, 11) is 0. The number of hydrogen-bond donors (Lipinski definition) is 2. The molecule has 2 aromatic carbocycles. The van der Waals surface area contributed by atoms with Crippen LogP contribution < -0.4 is 11.1 Å². The van der Waals surface area contributed by atoms with Crippen molar-refractivity contribution < 1.29 is 4.79 Å². The molecule has 21 heavy (non-hydrogen) atoms. The lowest BCUT2D eigenvalue weighted by atomic mass is 10.1. The van der Waals surface area contributed by atoms with E-state index in [1.54, 1.807) is 6.07 Å². The quantitative estimate of drug-likeness (QED) is 0.887. The van der Waals surface area contributed by atoms with Crippen molar-refractivity contribution in [3.05, 3.63) is 64.7 Å². The van der Waals surface area contributed by atoms with Gasteiger partial charge in [-0.25, -0.2) is 0 Å². The molecule has 2 rings (SSSR count). The molecule has 4 heteroatoms. The van der Waals surface area contributed by atoms with Crippen molar-refractivity contribution in [2.24, 2.45) is 5.73 Å². The molecule has 2 aromatic rings. The molecule has 110 valence electrons. The molecule has 1 atom stereocenters. The van der Waals surface area contributed by atoms with Gasteiger partial charge in [-0.2, -0.15) is 0 Å². The van der Waals surface area contributed by atoms with Crippen molar-refractivity contribution in [1.82, 2.24) is 0 Å². The number of aryl methyl sites for hydroxylation is 2. The smallest absolute Gasteiger partial charge is 0.241 e. The number of carbonyl (C=O) groups excluding carboxylic acids is 1. The normalized spacial score (nSPS) is 12.0. The van der Waals surface area contributed by atoms with E-state index >= 15 is 0 Å². The van der Waals surface area contributed by atoms with Crippen molar-refractivity contribution in [1.29, 1.82) is 0 Å². The maximum atomic E-state index is 12.1. The first-order valence-corrected chi connectivity index (χ1v) is 7.30. The molecular formula is C17H19ClN2O. The van der Waals surface area contributed by atoms with Gasteiger partial charge in [0.05, 0.1) is 16.8 Å². The van der Waals surface area contributed by atoms with Crippen LogP contribution in [0.25, 0.3) is 0 Å². The summed E-state index contributed by atoms with van der Waals surface area (Å²) in [6, 6.07) is 14.9. The Kier molecular flexibility index (Phi) is 5.37. The molecule has 0 unspecified atom stereocenters. The van der Waals surface area contributed by atoms with E-state index in [2.05, 4.69) is 5.32 Å². The molecule has 0 aliphatic heterocycles. The summed E-state index contributed by atoms with van der Waals surface area (Å²) in [5.41, 5.74) is 8.76. The van der Waals surface area contributed by atoms with Crippen molar-refractivity contribution in [3.8, 4) is 0 Å². The largest absolute Gasteiger partial charge is 0.323 e. The highest BCUT2D eigenvalue weighted by Crippen LogP contribution is 2.22. The second kappa shape index (κ2) is 7.25. The molecule has 0 heterocycles. The fourth-order valence-electron chi connectivity index (χ4n) is 2.06. The summed E-state index contributed by atoms with van der Waals surface area (Å²) in [6.07, 6.45) is 1.37. The van der Waals surface area contributed by atoms with Gasteiger partial charge in [0.25, 0.3) is 0 Å². The predicted molar refractivity (Wildman–Crippen MR) is 87.6 cm³/mol. The second-order valence-corrected chi connectivity index (χ2v) is 5.51. The summed E-state index contributed by atoms with van der Waals surface area (Å²) in [6.45, 7) is 1.95. The Labute approximate surface area is 130 Å². The lowest BCUT2D eigenvalue weighted by molar-refractivity contribution is -0.117. The molecule has 0 aliphatic rings. The van der Waals surface area contributed by atoms with Gasteiger partial charge in [0.15, 0.2) is 0 Å². The minimum Gasteiger partial charge on any atom is -0.323 e. The molecule has 0 bridgehead atoms. The van der Waals surface area contributed by atoms with Crippen molar-refractivity contribution in [2.75, 3.05) is 5.32 Å². The van der Waals surface area contributed by atoms with E-state index in [1.165, 1.54) is 5.56 Å². The van der Waals surface area contributed by atoms with Gasteiger partial charge < -0.3 is 11.1 Å². The van der Waals surface area contributed by atoms with Gasteiger partial charge in [0.2, 0.25) is 5.91 Å². The molecule has 0 radical (unpaired) electrons. The van der Waals surface area contributed by atoms with Crippen LogP contribution in [0.5, 0.6) is 0 Å². The van der Waals surface area contributed by atoms with Crippen LogP contribution in [-0.4, -0.2) is 11.9 Å². The lowest BCUT2D eigenvalue weighted by Gasteiger charge is -2.13. The SMILES string of the molecule is Cc1ccc(Cl)c(NC(=O)[C@@H](N)CCc2ccccc2)c1. The highest BCUT2D eigenvalue weighted by Gasteiger charge is 2.14. The molecular weight excluding hydrogens is 284 g/mol. The third-order valence-electron chi connectivity index (χ3n) is 3.30. The Hall–Kier alpha value is -1.84. The first-order valence-electron chi connectivity index (χ1n) is 6.93. The maximum Gasteiger partial charge on any atom is 0.241 e. The second-order valence-electron chi connectivity index (χ2n) is 5.10. The van der Waals surface area contributed by atoms with Gasteiger partial charge in [-0.15, -0.1) is 0 Å². The maximum absolute atomic E-state index is 12.1. The number of anilines is 1. The van der Waals surface area contributed by atoms with Gasteiger partial charge in [-0.3, -0.25) is 4.79 Å². The van der Waals surface area contributed by atoms with Crippen LogP contribution in [0.15, 0.2) is 48.5 Å². The van der Waals surface area contributed by atoms with Gasteiger partial charge in [-0.05, 0) is 43.0 Å². The molecule has 0 saturated heterocycles. The highest BCUT2D eigenvalue weighted by atomic mass is 35.5. The average Bonchev–Trinajstić information content (AvgIpc) is 2.49. The van der Waals surface area contributed by atoms with E-state index in [1.807, 2.05) is 49.4 Å². The molecule has 1 amide bonds. The Balaban J connectivity index is 1.92.